The summed E-state index contributed by atoms with van der Waals surface area (Å²) in [6, 6.07) is 16.4. The third-order valence-corrected chi connectivity index (χ3v) is 9.74. The van der Waals surface area contributed by atoms with Crippen molar-refractivity contribution >= 4 is 42.6 Å². The van der Waals surface area contributed by atoms with Crippen LogP contribution in [-0.4, -0.2) is 29.9 Å². The number of sulfonamides is 1. The summed E-state index contributed by atoms with van der Waals surface area (Å²) in [4.78, 5) is 2.40. The maximum atomic E-state index is 12.8. The molecule has 1 aliphatic heterocycles. The average molecular weight is 463 g/mol. The van der Waals surface area contributed by atoms with Crippen molar-refractivity contribution in [2.24, 2.45) is 0 Å². The molecule has 6 nitrogen and oxygen atoms in total. The average Bonchev–Trinajstić information content (AvgIpc) is 3.28. The van der Waals surface area contributed by atoms with Crippen LogP contribution in [0.4, 0.5) is 11.4 Å². The van der Waals surface area contributed by atoms with Gasteiger partial charge >= 0.3 is 0 Å². The molecular weight excluding hydrogens is 440 g/mol. The second-order valence-corrected chi connectivity index (χ2v) is 11.9. The van der Waals surface area contributed by atoms with E-state index in [9.17, 15) is 16.8 Å². The van der Waals surface area contributed by atoms with Crippen molar-refractivity contribution in [3.63, 3.8) is 0 Å². The zero-order valence-electron chi connectivity index (χ0n) is 16.2. The van der Waals surface area contributed by atoms with E-state index in [0.717, 1.165) is 30.1 Å². The normalized spacial score (nSPS) is 15.1. The number of nitrogens with one attached hydrogen (secondary N) is 1. The fraction of sp³-hybridized carbons (Fsp3) is 0.238. The minimum absolute atomic E-state index is 0.0282. The van der Waals surface area contributed by atoms with Gasteiger partial charge in [0, 0.05) is 29.8 Å². The van der Waals surface area contributed by atoms with E-state index in [1.54, 1.807) is 30.3 Å². The van der Waals surface area contributed by atoms with Gasteiger partial charge < -0.3 is 4.90 Å². The molecule has 4 rings (SSSR count). The Morgan fingerprint density at radius 3 is 2.13 bits per heavy atom. The minimum atomic E-state index is -3.88. The second kappa shape index (κ2) is 8.41. The van der Waals surface area contributed by atoms with E-state index in [4.69, 9.17) is 0 Å². The highest BCUT2D eigenvalue weighted by Gasteiger charge is 2.24. The first-order chi connectivity index (χ1) is 14.4. The Bertz CT molecular complexity index is 1210. The lowest BCUT2D eigenvalue weighted by atomic mass is 10.1. The third kappa shape index (κ3) is 4.38. The van der Waals surface area contributed by atoms with Crippen LogP contribution in [0.2, 0.25) is 0 Å². The van der Waals surface area contributed by atoms with Crippen molar-refractivity contribution < 1.29 is 16.8 Å². The van der Waals surface area contributed by atoms with Gasteiger partial charge in [0.05, 0.1) is 9.79 Å². The van der Waals surface area contributed by atoms with Crippen molar-refractivity contribution in [2.45, 2.75) is 33.3 Å². The van der Waals surface area contributed by atoms with Crippen LogP contribution in [0.15, 0.2) is 80.0 Å². The highest BCUT2D eigenvalue weighted by Crippen LogP contribution is 2.30. The molecule has 0 saturated carbocycles. The molecule has 1 fully saturated rings. The monoisotopic (exact) mass is 462 g/mol. The molecule has 1 saturated heterocycles. The number of hydrogen-bond donors (Lipinski definition) is 1. The molecule has 0 radical (unpaired) electrons. The number of benzene rings is 2. The van der Waals surface area contributed by atoms with Gasteiger partial charge in [-0.15, -0.1) is 11.3 Å². The van der Waals surface area contributed by atoms with Gasteiger partial charge in [0.25, 0.3) is 10.0 Å². The topological polar surface area (TPSA) is 83.6 Å². The largest absolute Gasteiger partial charge is 0.372 e. The lowest BCUT2D eigenvalue weighted by molar-refractivity contribution is 0.578. The van der Waals surface area contributed by atoms with Crippen molar-refractivity contribution in [2.75, 3.05) is 22.7 Å². The quantitative estimate of drug-likeness (QED) is 0.588. The molecule has 1 aliphatic rings. The first-order valence-corrected chi connectivity index (χ1v) is 13.5. The maximum Gasteiger partial charge on any atom is 0.271 e. The molecule has 0 bridgehead atoms. The first kappa shape index (κ1) is 20.9. The number of rotatable bonds is 6. The fourth-order valence-corrected chi connectivity index (χ4v) is 7.38. The van der Waals surface area contributed by atoms with Crippen LogP contribution in [0, 0.1) is 0 Å². The molecule has 1 aromatic heterocycles. The minimum Gasteiger partial charge on any atom is -0.372 e. The molecular formula is C21H22N2O4S3. The molecule has 30 heavy (non-hydrogen) atoms. The van der Waals surface area contributed by atoms with Crippen LogP contribution in [0.3, 0.4) is 0 Å². The number of thiophene rings is 1. The molecule has 0 aliphatic carbocycles. The van der Waals surface area contributed by atoms with Crippen LogP contribution < -0.4 is 9.62 Å². The second-order valence-electron chi connectivity index (χ2n) is 7.12. The van der Waals surface area contributed by atoms with E-state index in [1.807, 2.05) is 12.1 Å². The predicted molar refractivity (Wildman–Crippen MR) is 120 cm³/mol. The van der Waals surface area contributed by atoms with E-state index in [-0.39, 0.29) is 14.0 Å². The van der Waals surface area contributed by atoms with Crippen LogP contribution in [0.1, 0.15) is 19.3 Å². The standard InChI is InChI=1S/C21H22N2O4S3/c24-29(25,19-7-3-1-4-8-19)20-15-21(28-16-20)30(26,27)22-17-9-11-18(12-10-17)23-13-5-2-6-14-23/h1,3-4,7-12,15-16,22H,2,5-6,13-14H2. The van der Waals surface area contributed by atoms with Crippen molar-refractivity contribution in [1.29, 1.82) is 0 Å². The summed E-state index contributed by atoms with van der Waals surface area (Å²) < 4.78 is 53.4. The molecule has 0 atom stereocenters. The van der Waals surface area contributed by atoms with Crippen molar-refractivity contribution in [3.8, 4) is 0 Å². The Balaban J connectivity index is 1.52. The molecule has 9 heteroatoms. The Morgan fingerprint density at radius 1 is 0.800 bits per heavy atom. The Labute approximate surface area is 181 Å². The first-order valence-electron chi connectivity index (χ1n) is 9.63. The Morgan fingerprint density at radius 2 is 1.47 bits per heavy atom. The van der Waals surface area contributed by atoms with Crippen LogP contribution in [0.5, 0.6) is 0 Å². The van der Waals surface area contributed by atoms with E-state index in [2.05, 4.69) is 9.62 Å². The van der Waals surface area contributed by atoms with Gasteiger partial charge in [-0.25, -0.2) is 16.8 Å². The van der Waals surface area contributed by atoms with E-state index < -0.39 is 19.9 Å². The Kier molecular flexibility index (Phi) is 5.86. The van der Waals surface area contributed by atoms with Gasteiger partial charge in [0.2, 0.25) is 9.84 Å². The number of piperidine rings is 1. The molecule has 158 valence electrons. The third-order valence-electron chi connectivity index (χ3n) is 5.02. The molecule has 2 heterocycles. The fourth-order valence-electron chi connectivity index (χ4n) is 3.42. The van der Waals surface area contributed by atoms with Crippen molar-refractivity contribution in [3.05, 3.63) is 66.0 Å². The molecule has 3 aromatic rings. The highest BCUT2D eigenvalue weighted by atomic mass is 32.2. The van der Waals surface area contributed by atoms with Gasteiger partial charge in [-0.3, -0.25) is 4.72 Å². The lowest BCUT2D eigenvalue weighted by Crippen LogP contribution is -2.29. The molecule has 0 spiro atoms. The maximum absolute atomic E-state index is 12.8. The summed E-state index contributed by atoms with van der Waals surface area (Å²) in [7, 11) is -7.64. The highest BCUT2D eigenvalue weighted by molar-refractivity contribution is 7.95. The lowest BCUT2D eigenvalue weighted by Gasteiger charge is -2.28. The zero-order valence-corrected chi connectivity index (χ0v) is 18.6. The summed E-state index contributed by atoms with van der Waals surface area (Å²) in [5.41, 5.74) is 1.52. The molecule has 0 amide bonds. The number of anilines is 2. The van der Waals surface area contributed by atoms with Crippen LogP contribution in [-0.2, 0) is 19.9 Å². The predicted octanol–water partition coefficient (Wildman–Crippen LogP) is 4.37. The number of hydrogen-bond acceptors (Lipinski definition) is 6. The number of sulfone groups is 1. The van der Waals surface area contributed by atoms with Gasteiger partial charge in [-0.1, -0.05) is 18.2 Å². The smallest absolute Gasteiger partial charge is 0.271 e. The van der Waals surface area contributed by atoms with Gasteiger partial charge in [-0.2, -0.15) is 0 Å². The molecule has 2 aromatic carbocycles. The van der Waals surface area contributed by atoms with Crippen LogP contribution in [0.25, 0.3) is 0 Å². The van der Waals surface area contributed by atoms with E-state index in [1.165, 1.54) is 42.8 Å². The van der Waals surface area contributed by atoms with Gasteiger partial charge in [0.15, 0.2) is 0 Å². The van der Waals surface area contributed by atoms with E-state index >= 15 is 0 Å². The van der Waals surface area contributed by atoms with Gasteiger partial charge in [0.1, 0.15) is 4.21 Å². The molecule has 0 unspecified atom stereocenters. The summed E-state index contributed by atoms with van der Waals surface area (Å²) in [5.74, 6) is 0. The van der Waals surface area contributed by atoms with Gasteiger partial charge in [-0.05, 0) is 61.7 Å². The van der Waals surface area contributed by atoms with Crippen molar-refractivity contribution in [1.82, 2.24) is 0 Å². The SMILES string of the molecule is O=S(=O)(Nc1ccc(N2CCCCC2)cc1)c1cc(S(=O)(=O)c2ccccc2)cs1. The summed E-state index contributed by atoms with van der Waals surface area (Å²) in [6.07, 6.45) is 3.58. The van der Waals surface area contributed by atoms with Crippen LogP contribution >= 0.6 is 11.3 Å². The summed E-state index contributed by atoms with van der Waals surface area (Å²) >= 11 is 0.885. The summed E-state index contributed by atoms with van der Waals surface area (Å²) in [6.45, 7) is 2.03. The zero-order chi connectivity index (χ0) is 21.2. The number of nitrogens with zero attached hydrogens (tertiary/aromatic N) is 1. The van der Waals surface area contributed by atoms with E-state index in [0.29, 0.717) is 5.69 Å². The summed E-state index contributed by atoms with van der Waals surface area (Å²) in [5, 5.41) is 1.36. The Hall–Kier alpha value is -2.36. The molecule has 1 N–H and O–H groups in total.